The molecule has 0 aromatic rings. The number of ether oxygens (including phenoxy) is 4. The molecule has 10 nitrogen and oxygen atoms in total. The standard InChI is InChI=1S/C20H38N4O6S/c21-5-7-27-9-11-29-13-14-30-12-10-28-8-6-22-18(25)4-2-1-3-17-19-16(15-31-17)23-20(26)24-19/h16-17,19H,1-15,21H2,(H,22,25)(H2,23,24,26)/t16-,17-,19+/m0/s1. The van der Waals surface area contributed by atoms with Crippen molar-refractivity contribution in [2.75, 3.05) is 71.7 Å². The lowest BCUT2D eigenvalue weighted by Crippen LogP contribution is -2.36. The van der Waals surface area contributed by atoms with Crippen LogP contribution in [0.5, 0.6) is 0 Å². The monoisotopic (exact) mass is 462 g/mol. The van der Waals surface area contributed by atoms with Crippen LogP contribution in [0.3, 0.4) is 0 Å². The molecule has 0 saturated carbocycles. The number of nitrogens with one attached hydrogen (secondary N) is 3. The third-order valence-electron chi connectivity index (χ3n) is 5.03. The predicted molar refractivity (Wildman–Crippen MR) is 119 cm³/mol. The molecule has 11 heteroatoms. The van der Waals surface area contributed by atoms with Crippen LogP contribution in [0.1, 0.15) is 25.7 Å². The van der Waals surface area contributed by atoms with Crippen LogP contribution in [-0.4, -0.2) is 101 Å². The van der Waals surface area contributed by atoms with Crippen LogP contribution >= 0.6 is 11.8 Å². The molecule has 3 atom stereocenters. The van der Waals surface area contributed by atoms with Crippen LogP contribution in [0.25, 0.3) is 0 Å². The minimum absolute atomic E-state index is 0.0530. The van der Waals surface area contributed by atoms with Crippen LogP contribution in [0.2, 0.25) is 0 Å². The van der Waals surface area contributed by atoms with Gasteiger partial charge < -0.3 is 40.6 Å². The molecule has 0 bridgehead atoms. The molecule has 2 rings (SSSR count). The summed E-state index contributed by atoms with van der Waals surface area (Å²) in [5, 5.41) is 9.27. The predicted octanol–water partition coefficient (Wildman–Crippen LogP) is -0.146. The van der Waals surface area contributed by atoms with Crippen molar-refractivity contribution in [1.82, 2.24) is 16.0 Å². The second-order valence-corrected chi connectivity index (χ2v) is 8.73. The van der Waals surface area contributed by atoms with Gasteiger partial charge in [0.1, 0.15) is 0 Å². The number of carbonyl (C=O) groups excluding carboxylic acids is 2. The highest BCUT2D eigenvalue weighted by molar-refractivity contribution is 8.00. The maximum absolute atomic E-state index is 11.9. The number of carbonyl (C=O) groups is 2. The van der Waals surface area contributed by atoms with Gasteiger partial charge in [0, 0.05) is 30.5 Å². The average Bonchev–Trinajstić information content (AvgIpc) is 3.30. The quantitative estimate of drug-likeness (QED) is 0.154. The molecule has 0 unspecified atom stereocenters. The van der Waals surface area contributed by atoms with E-state index in [2.05, 4.69) is 16.0 Å². The van der Waals surface area contributed by atoms with Crippen molar-refractivity contribution in [3.63, 3.8) is 0 Å². The maximum atomic E-state index is 11.9. The summed E-state index contributed by atoms with van der Waals surface area (Å²) in [7, 11) is 0. The number of urea groups is 1. The zero-order chi connectivity index (χ0) is 22.2. The molecule has 0 aromatic heterocycles. The minimum atomic E-state index is -0.0530. The van der Waals surface area contributed by atoms with E-state index in [-0.39, 0.29) is 24.0 Å². The Morgan fingerprint density at radius 1 is 0.968 bits per heavy atom. The summed E-state index contributed by atoms with van der Waals surface area (Å²) < 4.78 is 21.4. The van der Waals surface area contributed by atoms with Gasteiger partial charge >= 0.3 is 6.03 Å². The number of nitrogens with two attached hydrogens (primary N) is 1. The Morgan fingerprint density at radius 2 is 1.61 bits per heavy atom. The van der Waals surface area contributed by atoms with Crippen LogP contribution < -0.4 is 21.7 Å². The van der Waals surface area contributed by atoms with E-state index in [1.807, 2.05) is 11.8 Å². The topological polar surface area (TPSA) is 133 Å². The normalized spacial score (nSPS) is 22.2. The van der Waals surface area contributed by atoms with Crippen molar-refractivity contribution in [3.05, 3.63) is 0 Å². The first kappa shape index (κ1) is 26.1. The molecule has 2 heterocycles. The summed E-state index contributed by atoms with van der Waals surface area (Å²) in [5.74, 6) is 1.03. The number of thioether (sulfide) groups is 1. The highest BCUT2D eigenvalue weighted by atomic mass is 32.2. The van der Waals surface area contributed by atoms with Gasteiger partial charge in [-0.3, -0.25) is 4.79 Å². The maximum Gasteiger partial charge on any atom is 0.315 e. The Kier molecular flexibility index (Phi) is 13.9. The number of unbranched alkanes of at least 4 members (excludes halogenated alkanes) is 1. The van der Waals surface area contributed by atoms with E-state index >= 15 is 0 Å². The van der Waals surface area contributed by atoms with E-state index in [9.17, 15) is 9.59 Å². The third-order valence-corrected chi connectivity index (χ3v) is 6.54. The van der Waals surface area contributed by atoms with E-state index in [4.69, 9.17) is 24.7 Å². The molecular formula is C20H38N4O6S. The fourth-order valence-corrected chi connectivity index (χ4v) is 5.01. The van der Waals surface area contributed by atoms with Crippen LogP contribution in [-0.2, 0) is 23.7 Å². The van der Waals surface area contributed by atoms with Crippen molar-refractivity contribution in [2.45, 2.75) is 43.0 Å². The average molecular weight is 463 g/mol. The molecule has 0 radical (unpaired) electrons. The summed E-state index contributed by atoms with van der Waals surface area (Å²) in [5.41, 5.74) is 5.31. The van der Waals surface area contributed by atoms with Gasteiger partial charge in [0.2, 0.25) is 5.91 Å². The van der Waals surface area contributed by atoms with Gasteiger partial charge in [0.25, 0.3) is 0 Å². The van der Waals surface area contributed by atoms with Gasteiger partial charge in [-0.15, -0.1) is 0 Å². The number of hydrogen-bond acceptors (Lipinski definition) is 8. The first-order valence-corrected chi connectivity index (χ1v) is 12.2. The van der Waals surface area contributed by atoms with Crippen LogP contribution in [0.15, 0.2) is 0 Å². The number of fused-ring (bicyclic) bond motifs is 1. The van der Waals surface area contributed by atoms with E-state index in [0.29, 0.717) is 77.6 Å². The Morgan fingerprint density at radius 3 is 2.29 bits per heavy atom. The SMILES string of the molecule is NCCOCCOCCOCCOCCNC(=O)CCCC[C@@H]1SC[C@@H]2NC(=O)N[C@H]21. The van der Waals surface area contributed by atoms with Crippen molar-refractivity contribution in [1.29, 1.82) is 0 Å². The van der Waals surface area contributed by atoms with Crippen molar-refractivity contribution < 1.29 is 28.5 Å². The Bertz CT molecular complexity index is 516. The van der Waals surface area contributed by atoms with E-state index < -0.39 is 0 Å². The summed E-state index contributed by atoms with van der Waals surface area (Å²) in [4.78, 5) is 23.3. The molecule has 2 aliphatic rings. The summed E-state index contributed by atoms with van der Waals surface area (Å²) in [6.07, 6.45) is 3.40. The summed E-state index contributed by atoms with van der Waals surface area (Å²) >= 11 is 1.91. The molecule has 0 spiro atoms. The smallest absolute Gasteiger partial charge is 0.315 e. The number of hydrogen-bond donors (Lipinski definition) is 4. The van der Waals surface area contributed by atoms with Crippen molar-refractivity contribution in [3.8, 4) is 0 Å². The Hall–Kier alpha value is -1.11. The lowest BCUT2D eigenvalue weighted by Gasteiger charge is -2.16. The molecule has 0 aromatic carbocycles. The van der Waals surface area contributed by atoms with E-state index in [1.165, 1.54) is 0 Å². The number of rotatable bonds is 19. The molecule has 3 amide bonds. The molecule has 31 heavy (non-hydrogen) atoms. The fourth-order valence-electron chi connectivity index (χ4n) is 3.47. The highest BCUT2D eigenvalue weighted by Gasteiger charge is 2.42. The summed E-state index contributed by atoms with van der Waals surface area (Å²) in [6.45, 7) is 5.16. The van der Waals surface area contributed by atoms with Gasteiger partial charge in [-0.1, -0.05) is 6.42 Å². The van der Waals surface area contributed by atoms with E-state index in [1.54, 1.807) is 0 Å². The molecule has 5 N–H and O–H groups in total. The number of amides is 3. The van der Waals surface area contributed by atoms with E-state index in [0.717, 1.165) is 25.0 Å². The second-order valence-electron chi connectivity index (χ2n) is 7.46. The first-order chi connectivity index (χ1) is 15.2. The zero-order valence-corrected chi connectivity index (χ0v) is 19.1. The Balaban J connectivity index is 1.30. The lowest BCUT2D eigenvalue weighted by molar-refractivity contribution is -0.121. The second kappa shape index (κ2) is 16.5. The largest absolute Gasteiger partial charge is 0.378 e. The van der Waals surface area contributed by atoms with Gasteiger partial charge in [-0.05, 0) is 12.8 Å². The van der Waals surface area contributed by atoms with Crippen LogP contribution in [0.4, 0.5) is 4.79 Å². The molecule has 2 fully saturated rings. The van der Waals surface area contributed by atoms with Gasteiger partial charge in [0.15, 0.2) is 0 Å². The Labute approximate surface area is 189 Å². The van der Waals surface area contributed by atoms with Gasteiger partial charge in [-0.2, -0.15) is 11.8 Å². The molecule has 2 saturated heterocycles. The van der Waals surface area contributed by atoms with Crippen molar-refractivity contribution in [2.24, 2.45) is 5.73 Å². The fraction of sp³-hybridized carbons (Fsp3) is 0.900. The van der Waals surface area contributed by atoms with Crippen LogP contribution in [0, 0.1) is 0 Å². The highest BCUT2D eigenvalue weighted by Crippen LogP contribution is 2.33. The lowest BCUT2D eigenvalue weighted by atomic mass is 10.0. The third kappa shape index (κ3) is 11.4. The molecular weight excluding hydrogens is 424 g/mol. The summed E-state index contributed by atoms with van der Waals surface area (Å²) in [6, 6.07) is 0.444. The molecule has 0 aliphatic carbocycles. The molecule has 180 valence electrons. The molecule has 2 aliphatic heterocycles. The van der Waals surface area contributed by atoms with Crippen molar-refractivity contribution >= 4 is 23.7 Å². The van der Waals surface area contributed by atoms with Gasteiger partial charge in [-0.25, -0.2) is 4.79 Å². The van der Waals surface area contributed by atoms with Gasteiger partial charge in [0.05, 0.1) is 64.9 Å². The minimum Gasteiger partial charge on any atom is -0.378 e. The zero-order valence-electron chi connectivity index (χ0n) is 18.3. The first-order valence-electron chi connectivity index (χ1n) is 11.2.